The van der Waals surface area contributed by atoms with E-state index in [2.05, 4.69) is 11.4 Å². The van der Waals surface area contributed by atoms with Gasteiger partial charge in [0.15, 0.2) is 6.10 Å². The van der Waals surface area contributed by atoms with Crippen LogP contribution in [0.5, 0.6) is 0 Å². The van der Waals surface area contributed by atoms with Crippen molar-refractivity contribution in [3.8, 4) is 6.07 Å². The maximum Gasteiger partial charge on any atom is 0.257 e. The molecule has 0 bridgehead atoms. The number of rotatable bonds is 1. The number of nitrogens with zero attached hydrogens (tertiary/aromatic N) is 2. The van der Waals surface area contributed by atoms with Crippen LogP contribution in [0, 0.1) is 11.3 Å². The highest BCUT2D eigenvalue weighted by molar-refractivity contribution is 5.83. The lowest BCUT2D eigenvalue weighted by atomic mass is 9.96. The summed E-state index contributed by atoms with van der Waals surface area (Å²) < 4.78 is 5.69. The van der Waals surface area contributed by atoms with Crippen molar-refractivity contribution in [2.75, 3.05) is 26.2 Å². The number of hydrogen-bond acceptors (Lipinski definition) is 4. The number of benzene rings is 1. The number of ether oxygens (including phenoxy) is 1. The number of carbonyl (C=O) groups excluding carboxylic acids is 1. The lowest BCUT2D eigenvalue weighted by Gasteiger charge is -2.36. The third kappa shape index (κ3) is 2.28. The minimum Gasteiger partial charge on any atom is -0.363 e. The number of hydrogen-bond donors (Lipinski definition) is 1. The largest absolute Gasteiger partial charge is 0.363 e. The molecule has 5 heteroatoms. The molecule has 1 aromatic carbocycles. The third-order valence-corrected chi connectivity index (χ3v) is 3.89. The molecule has 2 aliphatic heterocycles. The molecule has 1 amide bonds. The summed E-state index contributed by atoms with van der Waals surface area (Å²) in [5.41, 5.74) is 2.11. The summed E-state index contributed by atoms with van der Waals surface area (Å²) in [5, 5.41) is 12.3. The second-order valence-corrected chi connectivity index (χ2v) is 5.08. The third-order valence-electron chi connectivity index (χ3n) is 3.89. The van der Waals surface area contributed by atoms with Gasteiger partial charge in [-0.05, 0) is 17.5 Å². The van der Waals surface area contributed by atoms with Crippen LogP contribution in [0.2, 0.25) is 0 Å². The Morgan fingerprint density at radius 3 is 3.15 bits per heavy atom. The van der Waals surface area contributed by atoms with Crippen LogP contribution in [0.4, 0.5) is 0 Å². The van der Waals surface area contributed by atoms with Gasteiger partial charge < -0.3 is 15.0 Å². The summed E-state index contributed by atoms with van der Waals surface area (Å²) in [6.45, 7) is 2.35. The van der Waals surface area contributed by atoms with Gasteiger partial charge in [0.2, 0.25) is 0 Å². The number of nitrogens with one attached hydrogen (secondary N) is 1. The van der Waals surface area contributed by atoms with E-state index in [1.165, 1.54) is 5.56 Å². The van der Waals surface area contributed by atoms with Crippen molar-refractivity contribution < 1.29 is 9.53 Å². The Bertz CT molecular complexity index is 552. The fraction of sp³-hybridized carbons (Fsp3) is 0.467. The van der Waals surface area contributed by atoms with Gasteiger partial charge in [0.05, 0.1) is 12.7 Å². The summed E-state index contributed by atoms with van der Waals surface area (Å²) in [4.78, 5) is 14.3. The lowest BCUT2D eigenvalue weighted by molar-refractivity contribution is -0.147. The average Bonchev–Trinajstić information content (AvgIpc) is 2.53. The van der Waals surface area contributed by atoms with E-state index in [0.717, 1.165) is 18.5 Å². The van der Waals surface area contributed by atoms with Crippen LogP contribution in [-0.4, -0.2) is 43.1 Å². The van der Waals surface area contributed by atoms with Crippen LogP contribution >= 0.6 is 0 Å². The Kier molecular flexibility index (Phi) is 3.68. The van der Waals surface area contributed by atoms with Crippen molar-refractivity contribution in [3.05, 3.63) is 35.4 Å². The van der Waals surface area contributed by atoms with Gasteiger partial charge in [-0.15, -0.1) is 0 Å². The molecule has 1 fully saturated rings. The van der Waals surface area contributed by atoms with Crippen molar-refractivity contribution in [2.24, 2.45) is 0 Å². The summed E-state index contributed by atoms with van der Waals surface area (Å²) in [5.74, 6) is -0.0924. The highest BCUT2D eigenvalue weighted by atomic mass is 16.5. The molecule has 3 rings (SSSR count). The van der Waals surface area contributed by atoms with E-state index in [1.54, 1.807) is 4.90 Å². The number of piperazine rings is 1. The molecule has 0 aromatic heterocycles. The van der Waals surface area contributed by atoms with Crippen LogP contribution in [0.15, 0.2) is 24.3 Å². The van der Waals surface area contributed by atoms with Gasteiger partial charge in [0, 0.05) is 19.6 Å². The van der Waals surface area contributed by atoms with Crippen LogP contribution in [0.3, 0.4) is 0 Å². The van der Waals surface area contributed by atoms with E-state index < -0.39 is 12.1 Å². The number of carbonyl (C=O) groups is 1. The first-order valence-corrected chi connectivity index (χ1v) is 6.91. The van der Waals surface area contributed by atoms with E-state index in [0.29, 0.717) is 19.7 Å². The first-order valence-electron chi connectivity index (χ1n) is 6.91. The Morgan fingerprint density at radius 2 is 2.30 bits per heavy atom. The van der Waals surface area contributed by atoms with Crippen molar-refractivity contribution in [3.63, 3.8) is 0 Å². The predicted molar refractivity (Wildman–Crippen MR) is 72.8 cm³/mol. The normalized spacial score (nSPS) is 25.6. The topological polar surface area (TPSA) is 65.4 Å². The molecule has 20 heavy (non-hydrogen) atoms. The molecule has 1 N–H and O–H groups in total. The Balaban J connectivity index is 1.86. The maximum atomic E-state index is 12.7. The van der Waals surface area contributed by atoms with Gasteiger partial charge >= 0.3 is 0 Å². The molecule has 2 unspecified atom stereocenters. The number of nitriles is 1. The van der Waals surface area contributed by atoms with Gasteiger partial charge in [-0.25, -0.2) is 0 Å². The van der Waals surface area contributed by atoms with E-state index in [1.807, 2.05) is 24.3 Å². The number of fused-ring (bicyclic) bond motifs is 1. The van der Waals surface area contributed by atoms with Gasteiger partial charge in [0.25, 0.3) is 5.91 Å². The fourth-order valence-electron chi connectivity index (χ4n) is 2.83. The second kappa shape index (κ2) is 5.61. The lowest BCUT2D eigenvalue weighted by Crippen LogP contribution is -2.54. The SMILES string of the molecule is N#CC1CNCCN1C(=O)C1OCCc2ccccc21. The van der Waals surface area contributed by atoms with Crippen LogP contribution < -0.4 is 5.32 Å². The van der Waals surface area contributed by atoms with Crippen LogP contribution in [0.1, 0.15) is 17.2 Å². The van der Waals surface area contributed by atoms with Gasteiger partial charge in [0.1, 0.15) is 6.04 Å². The van der Waals surface area contributed by atoms with Crippen LogP contribution in [0.25, 0.3) is 0 Å². The van der Waals surface area contributed by atoms with Crippen LogP contribution in [-0.2, 0) is 16.0 Å². The minimum atomic E-state index is -0.561. The molecular formula is C15H17N3O2. The first kappa shape index (κ1) is 13.1. The van der Waals surface area contributed by atoms with Crippen molar-refractivity contribution in [1.82, 2.24) is 10.2 Å². The molecule has 0 radical (unpaired) electrons. The first-order chi connectivity index (χ1) is 9.81. The molecule has 1 saturated heterocycles. The quantitative estimate of drug-likeness (QED) is 0.813. The molecule has 2 atom stereocenters. The standard InChI is InChI=1S/C15H17N3O2/c16-9-12-10-17-6-7-18(12)15(19)14-13-4-2-1-3-11(13)5-8-20-14/h1-4,12,14,17H,5-8,10H2. The van der Waals surface area contributed by atoms with E-state index in [-0.39, 0.29) is 5.91 Å². The molecule has 2 heterocycles. The summed E-state index contributed by atoms with van der Waals surface area (Å²) in [6, 6.07) is 9.67. The molecule has 1 aromatic rings. The molecule has 0 aliphatic carbocycles. The summed E-state index contributed by atoms with van der Waals surface area (Å²) >= 11 is 0. The molecule has 5 nitrogen and oxygen atoms in total. The Hall–Kier alpha value is -1.90. The van der Waals surface area contributed by atoms with E-state index >= 15 is 0 Å². The molecular weight excluding hydrogens is 254 g/mol. The zero-order chi connectivity index (χ0) is 13.9. The van der Waals surface area contributed by atoms with E-state index in [9.17, 15) is 10.1 Å². The van der Waals surface area contributed by atoms with Gasteiger partial charge in [-0.1, -0.05) is 24.3 Å². The van der Waals surface area contributed by atoms with Crippen molar-refractivity contribution in [1.29, 1.82) is 5.26 Å². The smallest absolute Gasteiger partial charge is 0.257 e. The molecule has 2 aliphatic rings. The fourth-order valence-corrected chi connectivity index (χ4v) is 2.83. The van der Waals surface area contributed by atoms with E-state index in [4.69, 9.17) is 4.74 Å². The second-order valence-electron chi connectivity index (χ2n) is 5.08. The highest BCUT2D eigenvalue weighted by Crippen LogP contribution is 2.29. The molecule has 0 spiro atoms. The summed E-state index contributed by atoms with van der Waals surface area (Å²) in [6.07, 6.45) is 0.275. The van der Waals surface area contributed by atoms with Gasteiger partial charge in [-0.3, -0.25) is 4.79 Å². The highest BCUT2D eigenvalue weighted by Gasteiger charge is 2.35. The zero-order valence-electron chi connectivity index (χ0n) is 11.2. The molecule has 104 valence electrons. The zero-order valence-corrected chi connectivity index (χ0v) is 11.2. The molecule has 0 saturated carbocycles. The predicted octanol–water partition coefficient (Wildman–Crippen LogP) is 0.624. The monoisotopic (exact) mass is 271 g/mol. The maximum absolute atomic E-state index is 12.7. The Labute approximate surface area is 118 Å². The number of amides is 1. The van der Waals surface area contributed by atoms with Crippen molar-refractivity contribution in [2.45, 2.75) is 18.6 Å². The average molecular weight is 271 g/mol. The van der Waals surface area contributed by atoms with Crippen molar-refractivity contribution >= 4 is 5.91 Å². The Morgan fingerprint density at radius 1 is 1.45 bits per heavy atom. The minimum absolute atomic E-state index is 0.0924. The summed E-state index contributed by atoms with van der Waals surface area (Å²) in [7, 11) is 0. The van der Waals surface area contributed by atoms with Gasteiger partial charge in [-0.2, -0.15) is 5.26 Å².